The van der Waals surface area contributed by atoms with Crippen LogP contribution < -0.4 is 10.2 Å². The van der Waals surface area contributed by atoms with Gasteiger partial charge in [0.05, 0.1) is 12.2 Å². The number of fused-ring (bicyclic) bond motifs is 2. The van der Waals surface area contributed by atoms with E-state index in [4.69, 9.17) is 0 Å². The zero-order valence-corrected chi connectivity index (χ0v) is 15.8. The molecule has 1 aliphatic heterocycles. The van der Waals surface area contributed by atoms with Gasteiger partial charge in [-0.3, -0.25) is 9.59 Å². The Balaban J connectivity index is 1.74. The molecular weight excluding hydrogens is 336 g/mol. The molecule has 0 bridgehead atoms. The highest BCUT2D eigenvalue weighted by Crippen LogP contribution is 2.29. The highest BCUT2D eigenvalue weighted by molar-refractivity contribution is 5.97. The van der Waals surface area contributed by atoms with Crippen LogP contribution in [0.1, 0.15) is 49.3 Å². The number of nitrogens with one attached hydrogen (secondary N) is 1. The van der Waals surface area contributed by atoms with Gasteiger partial charge in [-0.25, -0.2) is 0 Å². The minimum Gasteiger partial charge on any atom is -0.356 e. The average Bonchev–Trinajstić information content (AvgIpc) is 2.67. The quantitative estimate of drug-likeness (QED) is 0.774. The van der Waals surface area contributed by atoms with E-state index in [1.807, 2.05) is 48.2 Å². The van der Waals surface area contributed by atoms with Gasteiger partial charge in [0, 0.05) is 19.4 Å². The monoisotopic (exact) mass is 362 g/mol. The molecule has 0 fully saturated rings. The maximum Gasteiger partial charge on any atom is 0.227 e. The Morgan fingerprint density at radius 2 is 1.59 bits per heavy atom. The fourth-order valence-electron chi connectivity index (χ4n) is 3.35. The summed E-state index contributed by atoms with van der Waals surface area (Å²) in [5.41, 5.74) is 4.26. The fraction of sp³-hybridized carbons (Fsp3) is 0.304. The van der Waals surface area contributed by atoms with Crippen molar-refractivity contribution in [2.75, 3.05) is 11.4 Å². The highest BCUT2D eigenvalue weighted by atomic mass is 16.2. The number of hydrogen-bond donors (Lipinski definition) is 1. The topological polar surface area (TPSA) is 49.4 Å². The van der Waals surface area contributed by atoms with Crippen LogP contribution in [-0.2, 0) is 16.1 Å². The zero-order chi connectivity index (χ0) is 19.1. The van der Waals surface area contributed by atoms with Gasteiger partial charge in [0.15, 0.2) is 0 Å². The smallest absolute Gasteiger partial charge is 0.227 e. The first-order chi connectivity index (χ1) is 13.2. The summed E-state index contributed by atoms with van der Waals surface area (Å²) >= 11 is 0. The molecule has 1 heterocycles. The van der Waals surface area contributed by atoms with E-state index in [1.54, 1.807) is 0 Å². The molecule has 0 atom stereocenters. The van der Waals surface area contributed by atoms with Crippen molar-refractivity contribution in [1.29, 1.82) is 0 Å². The van der Waals surface area contributed by atoms with E-state index in [1.165, 1.54) is 0 Å². The van der Waals surface area contributed by atoms with Crippen molar-refractivity contribution >= 4 is 29.7 Å². The third-order valence-corrected chi connectivity index (χ3v) is 4.77. The number of hydrogen-bond acceptors (Lipinski definition) is 2. The Bertz CT molecular complexity index is 842. The summed E-state index contributed by atoms with van der Waals surface area (Å²) in [5, 5.41) is 2.79. The Hall–Kier alpha value is -2.88. The summed E-state index contributed by atoms with van der Waals surface area (Å²) in [7, 11) is 0. The lowest BCUT2D eigenvalue weighted by atomic mass is 10.0. The van der Waals surface area contributed by atoms with Gasteiger partial charge in [0.1, 0.15) is 0 Å². The predicted molar refractivity (Wildman–Crippen MR) is 110 cm³/mol. The molecule has 0 saturated carbocycles. The Morgan fingerprint density at radius 3 is 2.41 bits per heavy atom. The number of benzene rings is 2. The van der Waals surface area contributed by atoms with Crippen molar-refractivity contribution in [3.8, 4) is 0 Å². The molecule has 0 spiro atoms. The number of unbranched alkanes of at least 4 members (excludes halogenated alkanes) is 1. The number of rotatable bonds is 6. The SMILES string of the molecule is CCNC(=O)CCCCC(=O)N1Cc2ccccc2/C=C\c2ccccc21. The van der Waals surface area contributed by atoms with Gasteiger partial charge in [-0.1, -0.05) is 54.6 Å². The standard InChI is InChI=1S/C23H26N2O2/c1-2-24-22(26)13-7-8-14-23(27)25-17-20-11-4-3-9-18(20)15-16-19-10-5-6-12-21(19)25/h3-6,9-12,15-16H,2,7-8,13-14,17H2,1H3,(H,24,26)/b16-15-. The second-order valence-electron chi connectivity index (χ2n) is 6.73. The third-order valence-electron chi connectivity index (χ3n) is 4.77. The van der Waals surface area contributed by atoms with Crippen LogP contribution in [-0.4, -0.2) is 18.4 Å². The molecule has 2 amide bonds. The lowest BCUT2D eigenvalue weighted by Gasteiger charge is -2.27. The lowest BCUT2D eigenvalue weighted by molar-refractivity contribution is -0.122. The normalized spacial score (nSPS) is 13.7. The summed E-state index contributed by atoms with van der Waals surface area (Å²) in [6.07, 6.45) is 6.55. The number of nitrogens with zero attached hydrogens (tertiary/aromatic N) is 1. The second-order valence-corrected chi connectivity index (χ2v) is 6.73. The van der Waals surface area contributed by atoms with E-state index in [2.05, 4.69) is 29.6 Å². The largest absolute Gasteiger partial charge is 0.356 e. The van der Waals surface area contributed by atoms with Gasteiger partial charge in [0.25, 0.3) is 0 Å². The molecule has 4 heteroatoms. The van der Waals surface area contributed by atoms with Crippen LogP contribution in [0.3, 0.4) is 0 Å². The molecule has 0 unspecified atom stereocenters. The van der Waals surface area contributed by atoms with E-state index in [9.17, 15) is 9.59 Å². The molecule has 0 aromatic heterocycles. The van der Waals surface area contributed by atoms with Gasteiger partial charge in [0.2, 0.25) is 11.8 Å². The van der Waals surface area contributed by atoms with Crippen LogP contribution in [0, 0.1) is 0 Å². The Kier molecular flexibility index (Phi) is 6.42. The molecular formula is C23H26N2O2. The van der Waals surface area contributed by atoms with E-state index < -0.39 is 0 Å². The molecule has 3 rings (SSSR count). The van der Waals surface area contributed by atoms with E-state index in [-0.39, 0.29) is 11.8 Å². The van der Waals surface area contributed by atoms with Gasteiger partial charge in [-0.15, -0.1) is 0 Å². The minimum absolute atomic E-state index is 0.0561. The van der Waals surface area contributed by atoms with Gasteiger partial charge < -0.3 is 10.2 Å². The molecule has 140 valence electrons. The van der Waals surface area contributed by atoms with Crippen molar-refractivity contribution in [3.63, 3.8) is 0 Å². The van der Waals surface area contributed by atoms with Crippen LogP contribution in [0.2, 0.25) is 0 Å². The number of para-hydroxylation sites is 1. The van der Waals surface area contributed by atoms with Crippen LogP contribution in [0.4, 0.5) is 5.69 Å². The average molecular weight is 362 g/mol. The number of anilines is 1. The number of carbonyl (C=O) groups is 2. The lowest BCUT2D eigenvalue weighted by Crippen LogP contribution is -2.31. The second kappa shape index (κ2) is 9.17. The maximum absolute atomic E-state index is 13.0. The number of amides is 2. The molecule has 0 aliphatic carbocycles. The van der Waals surface area contributed by atoms with Crippen molar-refractivity contribution in [1.82, 2.24) is 5.32 Å². The summed E-state index contributed by atoms with van der Waals surface area (Å²) in [5.74, 6) is 0.157. The number of carbonyl (C=O) groups excluding carboxylic acids is 2. The summed E-state index contributed by atoms with van der Waals surface area (Å²) in [6, 6.07) is 16.2. The highest BCUT2D eigenvalue weighted by Gasteiger charge is 2.20. The molecule has 0 radical (unpaired) electrons. The summed E-state index contributed by atoms with van der Waals surface area (Å²) in [6.45, 7) is 3.12. The molecule has 27 heavy (non-hydrogen) atoms. The van der Waals surface area contributed by atoms with Crippen molar-refractivity contribution < 1.29 is 9.59 Å². The minimum atomic E-state index is 0.0561. The van der Waals surface area contributed by atoms with Crippen LogP contribution >= 0.6 is 0 Å². The van der Waals surface area contributed by atoms with Crippen molar-refractivity contribution in [2.45, 2.75) is 39.2 Å². The summed E-state index contributed by atoms with van der Waals surface area (Å²) < 4.78 is 0. The van der Waals surface area contributed by atoms with Crippen molar-refractivity contribution in [2.24, 2.45) is 0 Å². The third kappa shape index (κ3) is 4.85. The van der Waals surface area contributed by atoms with E-state index >= 15 is 0 Å². The maximum atomic E-state index is 13.0. The molecule has 0 saturated heterocycles. The van der Waals surface area contributed by atoms with E-state index in [0.717, 1.165) is 28.8 Å². The molecule has 4 nitrogen and oxygen atoms in total. The van der Waals surface area contributed by atoms with Crippen LogP contribution in [0.5, 0.6) is 0 Å². The molecule has 2 aromatic carbocycles. The molecule has 2 aromatic rings. The predicted octanol–water partition coefficient (Wildman–Crippen LogP) is 4.40. The molecule has 1 N–H and O–H groups in total. The Labute approximate surface area is 160 Å². The van der Waals surface area contributed by atoms with Crippen LogP contribution in [0.25, 0.3) is 12.2 Å². The van der Waals surface area contributed by atoms with Crippen molar-refractivity contribution in [3.05, 3.63) is 65.2 Å². The molecule has 1 aliphatic rings. The first kappa shape index (κ1) is 18.9. The Morgan fingerprint density at radius 1 is 0.926 bits per heavy atom. The fourth-order valence-corrected chi connectivity index (χ4v) is 3.35. The van der Waals surface area contributed by atoms with Gasteiger partial charge >= 0.3 is 0 Å². The first-order valence-corrected chi connectivity index (χ1v) is 9.61. The van der Waals surface area contributed by atoms with Gasteiger partial charge in [-0.2, -0.15) is 0 Å². The zero-order valence-electron chi connectivity index (χ0n) is 15.8. The van der Waals surface area contributed by atoms with Crippen LogP contribution in [0.15, 0.2) is 48.5 Å². The van der Waals surface area contributed by atoms with E-state index in [0.29, 0.717) is 32.4 Å². The first-order valence-electron chi connectivity index (χ1n) is 9.61. The van der Waals surface area contributed by atoms with Gasteiger partial charge in [-0.05, 0) is 42.5 Å². The summed E-state index contributed by atoms with van der Waals surface area (Å²) in [4.78, 5) is 26.4.